The molecule has 0 radical (unpaired) electrons. The number of hydrogen-bond donors (Lipinski definition) is 0. The summed E-state index contributed by atoms with van der Waals surface area (Å²) in [5.74, 6) is 0. The van der Waals surface area contributed by atoms with E-state index in [2.05, 4.69) is 6.53 Å². The van der Waals surface area contributed by atoms with Crippen molar-refractivity contribution in [3.8, 4) is 0 Å². The predicted octanol–water partition coefficient (Wildman–Crippen LogP) is -0.552. The maximum atomic E-state index is 9.33. The van der Waals surface area contributed by atoms with Crippen molar-refractivity contribution >= 4 is 16.6 Å². The van der Waals surface area contributed by atoms with Crippen LogP contribution < -0.4 is 0 Å². The van der Waals surface area contributed by atoms with Gasteiger partial charge in [0.1, 0.15) is 0 Å². The fourth-order valence-electron chi connectivity index (χ4n) is 0. The van der Waals surface area contributed by atoms with E-state index in [1.807, 2.05) is 0 Å². The van der Waals surface area contributed by atoms with Crippen LogP contribution in [0.3, 0.4) is 0 Å². The minimum absolute atomic E-state index is 1.11. The average Bonchev–Trinajstić information content (AvgIpc) is 0.811. The molecule has 22 valence electrons. The first-order chi connectivity index (χ1) is 1.73. The molecule has 0 atom stereocenters. The first kappa shape index (κ1) is 4.08. The summed E-state index contributed by atoms with van der Waals surface area (Å²) in [7, 11) is -1.11. The summed E-state index contributed by atoms with van der Waals surface area (Å²) in [6.07, 6.45) is 1.42. The molecule has 0 aliphatic rings. The van der Waals surface area contributed by atoms with Crippen LogP contribution in [0.4, 0.5) is 0 Å². The molecule has 1 nitrogen and oxygen atoms in total. The molecular weight excluding hydrogens is 70.9 g/mol. The van der Waals surface area contributed by atoms with E-state index >= 15 is 0 Å². The van der Waals surface area contributed by atoms with Gasteiger partial charge in [-0.1, -0.05) is 0 Å². The van der Waals surface area contributed by atoms with E-state index in [0.717, 1.165) is 0 Å². The second kappa shape index (κ2) is 1.41. The zero-order chi connectivity index (χ0) is 3.58. The Morgan fingerprint density at radius 1 is 2.00 bits per heavy atom. The molecule has 0 aliphatic heterocycles. The monoisotopic (exact) mass is 74.0 g/mol. The summed E-state index contributed by atoms with van der Waals surface area (Å²) in [4.78, 5) is 0. The predicted molar refractivity (Wildman–Crippen MR) is 19.8 cm³/mol. The standard InChI is InChI=1S/CH3BOS/c1-4(2)3/h1H3. The molecule has 0 heterocycles. The van der Waals surface area contributed by atoms with Crippen molar-refractivity contribution in [1.29, 1.82) is 0 Å². The van der Waals surface area contributed by atoms with E-state index in [4.69, 9.17) is 0 Å². The molecule has 0 saturated carbocycles. The third-order valence-electron chi connectivity index (χ3n) is 0. The van der Waals surface area contributed by atoms with E-state index < -0.39 is 10.0 Å². The van der Waals surface area contributed by atoms with Crippen LogP contribution in [0.1, 0.15) is 0 Å². The average molecular weight is 73.9 g/mol. The van der Waals surface area contributed by atoms with Gasteiger partial charge in [-0.15, -0.1) is 0 Å². The normalized spacial score (nSPS) is 6.75. The molecule has 0 rings (SSSR count). The Morgan fingerprint density at radius 3 is 2.00 bits per heavy atom. The SMILES string of the molecule is B#S(C)=O. The van der Waals surface area contributed by atoms with Gasteiger partial charge in [0.05, 0.1) is 0 Å². The van der Waals surface area contributed by atoms with Crippen molar-refractivity contribution in [1.82, 2.24) is 0 Å². The van der Waals surface area contributed by atoms with Gasteiger partial charge in [-0.3, -0.25) is 0 Å². The van der Waals surface area contributed by atoms with Gasteiger partial charge in [0.2, 0.25) is 0 Å². The maximum absolute atomic E-state index is 9.33. The summed E-state index contributed by atoms with van der Waals surface area (Å²) in [5.41, 5.74) is 0. The van der Waals surface area contributed by atoms with Crippen molar-refractivity contribution in [3.63, 3.8) is 0 Å². The Kier molecular flexibility index (Phi) is 1.44. The van der Waals surface area contributed by atoms with Crippen LogP contribution >= 0.6 is 0 Å². The van der Waals surface area contributed by atoms with E-state index in [0.29, 0.717) is 0 Å². The number of hydrogen-bond acceptors (Lipinski definition) is 1. The Hall–Kier alpha value is 0.0849. The van der Waals surface area contributed by atoms with Gasteiger partial charge < -0.3 is 0 Å². The first-order valence-corrected chi connectivity index (χ1v) is 2.43. The van der Waals surface area contributed by atoms with Gasteiger partial charge in [-0.2, -0.15) is 0 Å². The fraction of sp³-hybridized carbons (Fsp3) is 1.00. The molecule has 0 amide bonds. The van der Waals surface area contributed by atoms with Gasteiger partial charge in [-0.25, -0.2) is 0 Å². The zero-order valence-electron chi connectivity index (χ0n) is 2.39. The molecule has 0 fully saturated rings. The van der Waals surface area contributed by atoms with Crippen LogP contribution in [0.25, 0.3) is 0 Å². The molecular formula is CH3BOS. The van der Waals surface area contributed by atoms with Crippen molar-refractivity contribution in [2.75, 3.05) is 6.26 Å². The van der Waals surface area contributed by atoms with Crippen LogP contribution in [-0.4, -0.2) is 17.0 Å². The molecule has 3 heteroatoms. The molecule has 0 N–H and O–H groups in total. The fourth-order valence-corrected chi connectivity index (χ4v) is 0. The molecule has 0 aromatic rings. The van der Waals surface area contributed by atoms with Crippen LogP contribution in [0.2, 0.25) is 0 Å². The Bertz CT molecular complexity index is 98.2. The first-order valence-electron chi connectivity index (χ1n) is 0.811. The summed E-state index contributed by atoms with van der Waals surface area (Å²) in [6.45, 7) is 4.58. The van der Waals surface area contributed by atoms with Crippen molar-refractivity contribution in [2.24, 2.45) is 0 Å². The van der Waals surface area contributed by atoms with Gasteiger partial charge in [0.15, 0.2) is 0 Å². The van der Waals surface area contributed by atoms with Crippen molar-refractivity contribution < 1.29 is 4.21 Å². The van der Waals surface area contributed by atoms with E-state index in [1.54, 1.807) is 0 Å². The van der Waals surface area contributed by atoms with Gasteiger partial charge in [0, 0.05) is 0 Å². The van der Waals surface area contributed by atoms with E-state index in [-0.39, 0.29) is 0 Å². The van der Waals surface area contributed by atoms with Crippen molar-refractivity contribution in [2.45, 2.75) is 0 Å². The molecule has 4 heavy (non-hydrogen) atoms. The molecule has 0 spiro atoms. The summed E-state index contributed by atoms with van der Waals surface area (Å²) < 4.78 is 9.33. The Balaban J connectivity index is 3.85. The van der Waals surface area contributed by atoms with Crippen molar-refractivity contribution in [3.05, 3.63) is 0 Å². The van der Waals surface area contributed by atoms with Gasteiger partial charge in [0.25, 0.3) is 0 Å². The number of rotatable bonds is 0. The summed E-state index contributed by atoms with van der Waals surface area (Å²) in [5, 5.41) is 0. The third kappa shape index (κ3) is 340. The van der Waals surface area contributed by atoms with E-state index in [1.165, 1.54) is 6.26 Å². The molecule has 0 bridgehead atoms. The van der Waals surface area contributed by atoms with Crippen LogP contribution in [0.5, 0.6) is 0 Å². The molecule has 0 aromatic heterocycles. The molecule has 0 aromatic carbocycles. The quantitative estimate of drug-likeness (QED) is 0.352. The van der Waals surface area contributed by atoms with Crippen LogP contribution in [-0.2, 0) is 10.0 Å². The Labute approximate surface area is 28.0 Å². The third-order valence-corrected chi connectivity index (χ3v) is 0. The molecule has 0 aliphatic carbocycles. The van der Waals surface area contributed by atoms with Crippen LogP contribution in [0, 0.1) is 0 Å². The molecule has 0 unspecified atom stereocenters. The van der Waals surface area contributed by atoms with Crippen LogP contribution in [0.15, 0.2) is 0 Å². The van der Waals surface area contributed by atoms with E-state index in [9.17, 15) is 4.21 Å². The minimum atomic E-state index is -1.11. The second-order valence-electron chi connectivity index (χ2n) is 0.499. The molecule has 0 saturated heterocycles. The Morgan fingerprint density at radius 2 is 2.00 bits per heavy atom. The summed E-state index contributed by atoms with van der Waals surface area (Å²) in [6, 6.07) is 0. The van der Waals surface area contributed by atoms with Gasteiger partial charge in [-0.05, 0) is 0 Å². The van der Waals surface area contributed by atoms with Gasteiger partial charge >= 0.3 is 27.0 Å². The second-order valence-corrected chi connectivity index (χ2v) is 1.50. The topological polar surface area (TPSA) is 17.1 Å². The summed E-state index contributed by atoms with van der Waals surface area (Å²) >= 11 is 0. The zero-order valence-corrected chi connectivity index (χ0v) is 3.21.